The van der Waals surface area contributed by atoms with E-state index in [9.17, 15) is 9.90 Å². The number of hydrogen-bond acceptors (Lipinski definition) is 5. The van der Waals surface area contributed by atoms with Gasteiger partial charge in [-0.2, -0.15) is 0 Å². The fraction of sp³-hybridized carbons (Fsp3) is 0.727. The van der Waals surface area contributed by atoms with Crippen LogP contribution >= 0.6 is 11.8 Å². The summed E-state index contributed by atoms with van der Waals surface area (Å²) in [6.07, 6.45) is 2.71. The fourth-order valence-electron chi connectivity index (χ4n) is 1.65. The van der Waals surface area contributed by atoms with Crippen molar-refractivity contribution in [1.29, 1.82) is 0 Å². The molecule has 1 aliphatic carbocycles. The fourth-order valence-corrected chi connectivity index (χ4v) is 2.66. The molecule has 0 bridgehead atoms. The molecule has 2 rings (SSSR count). The molecule has 1 atom stereocenters. The van der Waals surface area contributed by atoms with Crippen LogP contribution < -0.4 is 5.32 Å². The molecular weight excluding hydrogens is 252 g/mol. The van der Waals surface area contributed by atoms with Gasteiger partial charge in [-0.05, 0) is 33.1 Å². The summed E-state index contributed by atoms with van der Waals surface area (Å²) in [5, 5.41) is 20.0. The Kier molecular flexibility index (Phi) is 3.91. The van der Waals surface area contributed by atoms with Crippen LogP contribution in [-0.4, -0.2) is 43.6 Å². The number of H-pyrrole nitrogens is 1. The normalized spacial score (nSPS) is 18.6. The Hall–Kier alpha value is -1.08. The Morgan fingerprint density at radius 2 is 2.39 bits per heavy atom. The maximum absolute atomic E-state index is 11.3. The van der Waals surface area contributed by atoms with Crippen LogP contribution in [0.25, 0.3) is 0 Å². The number of carbonyl (C=O) groups is 1. The number of nitrogens with zero attached hydrogens (tertiary/aromatic N) is 2. The predicted molar refractivity (Wildman–Crippen MR) is 68.7 cm³/mol. The quantitative estimate of drug-likeness (QED) is 0.645. The van der Waals surface area contributed by atoms with E-state index in [0.717, 1.165) is 18.7 Å². The number of aryl methyl sites for hydroxylation is 1. The molecule has 7 heteroatoms. The summed E-state index contributed by atoms with van der Waals surface area (Å²) < 4.78 is 0. The Labute approximate surface area is 110 Å². The van der Waals surface area contributed by atoms with Crippen LogP contribution in [0.3, 0.4) is 0 Å². The Morgan fingerprint density at radius 1 is 1.67 bits per heavy atom. The van der Waals surface area contributed by atoms with Gasteiger partial charge in [0.05, 0.1) is 0 Å². The van der Waals surface area contributed by atoms with Crippen molar-refractivity contribution < 1.29 is 9.90 Å². The monoisotopic (exact) mass is 270 g/mol. The molecule has 1 saturated carbocycles. The number of hydrogen-bond donors (Lipinski definition) is 3. The SMILES string of the molecule is Cc1nc(SCCC(C)(NC2CC2)C(=O)O)n[nH]1. The van der Waals surface area contributed by atoms with E-state index in [4.69, 9.17) is 0 Å². The lowest BCUT2D eigenvalue weighted by atomic mass is 9.99. The number of aromatic amines is 1. The molecular formula is C11H18N4O2S. The van der Waals surface area contributed by atoms with Gasteiger partial charge in [0.15, 0.2) is 0 Å². The first-order valence-corrected chi connectivity index (χ1v) is 7.01. The largest absolute Gasteiger partial charge is 0.480 e. The van der Waals surface area contributed by atoms with Crippen LogP contribution in [0, 0.1) is 6.92 Å². The van der Waals surface area contributed by atoms with Crippen molar-refractivity contribution in [3.05, 3.63) is 5.82 Å². The molecule has 0 aliphatic heterocycles. The van der Waals surface area contributed by atoms with Crippen molar-refractivity contribution >= 4 is 17.7 Å². The van der Waals surface area contributed by atoms with Crippen LogP contribution in [0.15, 0.2) is 5.16 Å². The van der Waals surface area contributed by atoms with Crippen LogP contribution in [0.1, 0.15) is 32.0 Å². The molecule has 6 nitrogen and oxygen atoms in total. The summed E-state index contributed by atoms with van der Waals surface area (Å²) in [6.45, 7) is 3.59. The Balaban J connectivity index is 1.83. The minimum Gasteiger partial charge on any atom is -0.480 e. The summed E-state index contributed by atoms with van der Waals surface area (Å²) in [4.78, 5) is 15.5. The number of rotatable bonds is 7. The van der Waals surface area contributed by atoms with Crippen molar-refractivity contribution in [2.45, 2.75) is 49.8 Å². The standard InChI is InChI=1S/C11H18N4O2S/c1-7-12-10(15-14-7)18-6-5-11(2,9(16)17)13-8-3-4-8/h8,13H,3-6H2,1-2H3,(H,16,17)(H,12,14,15). The highest BCUT2D eigenvalue weighted by Gasteiger charge is 2.38. The average molecular weight is 270 g/mol. The topological polar surface area (TPSA) is 90.9 Å². The zero-order valence-corrected chi connectivity index (χ0v) is 11.4. The zero-order chi connectivity index (χ0) is 13.2. The number of aromatic nitrogens is 3. The van der Waals surface area contributed by atoms with E-state index >= 15 is 0 Å². The average Bonchev–Trinajstić information content (AvgIpc) is 3.00. The number of aliphatic carboxylic acids is 1. The van der Waals surface area contributed by atoms with Crippen LogP contribution in [0.4, 0.5) is 0 Å². The van der Waals surface area contributed by atoms with Gasteiger partial charge in [0.25, 0.3) is 0 Å². The van der Waals surface area contributed by atoms with E-state index in [-0.39, 0.29) is 0 Å². The molecule has 0 aromatic carbocycles. The van der Waals surface area contributed by atoms with Crippen molar-refractivity contribution in [2.24, 2.45) is 0 Å². The lowest BCUT2D eigenvalue weighted by molar-refractivity contribution is -0.144. The number of nitrogens with one attached hydrogen (secondary N) is 2. The number of thioether (sulfide) groups is 1. The van der Waals surface area contributed by atoms with Crippen LogP contribution in [0.5, 0.6) is 0 Å². The Bertz CT molecular complexity index is 432. The molecule has 1 heterocycles. The predicted octanol–water partition coefficient (Wildman–Crippen LogP) is 1.19. The van der Waals surface area contributed by atoms with Gasteiger partial charge in [-0.25, -0.2) is 4.98 Å². The van der Waals surface area contributed by atoms with E-state index in [2.05, 4.69) is 20.5 Å². The first kappa shape index (κ1) is 13.4. The highest BCUT2D eigenvalue weighted by molar-refractivity contribution is 7.99. The summed E-state index contributed by atoms with van der Waals surface area (Å²) in [5.41, 5.74) is -0.848. The van der Waals surface area contributed by atoms with Gasteiger partial charge < -0.3 is 5.11 Å². The van der Waals surface area contributed by atoms with Crippen molar-refractivity contribution in [3.63, 3.8) is 0 Å². The molecule has 0 spiro atoms. The summed E-state index contributed by atoms with van der Waals surface area (Å²) >= 11 is 1.48. The molecule has 1 aromatic heterocycles. The molecule has 1 unspecified atom stereocenters. The van der Waals surface area contributed by atoms with Crippen LogP contribution in [-0.2, 0) is 4.79 Å². The minimum absolute atomic E-state index is 0.377. The molecule has 0 amide bonds. The van der Waals surface area contributed by atoms with Crippen molar-refractivity contribution in [3.8, 4) is 0 Å². The first-order chi connectivity index (χ1) is 8.49. The highest BCUT2D eigenvalue weighted by Crippen LogP contribution is 2.26. The summed E-state index contributed by atoms with van der Waals surface area (Å²) in [7, 11) is 0. The van der Waals surface area contributed by atoms with Crippen molar-refractivity contribution in [2.75, 3.05) is 5.75 Å². The molecule has 1 aliphatic rings. The van der Waals surface area contributed by atoms with Gasteiger partial charge in [-0.3, -0.25) is 15.2 Å². The number of carboxylic acid groups (broad SMARTS) is 1. The van der Waals surface area contributed by atoms with E-state index < -0.39 is 11.5 Å². The smallest absolute Gasteiger partial charge is 0.323 e. The number of carboxylic acids is 1. The van der Waals surface area contributed by atoms with Crippen molar-refractivity contribution in [1.82, 2.24) is 20.5 Å². The molecule has 1 fully saturated rings. The molecule has 3 N–H and O–H groups in total. The van der Waals surface area contributed by atoms with E-state index in [1.54, 1.807) is 6.92 Å². The van der Waals surface area contributed by atoms with E-state index in [0.29, 0.717) is 23.4 Å². The lowest BCUT2D eigenvalue weighted by Crippen LogP contribution is -2.50. The van der Waals surface area contributed by atoms with Gasteiger partial charge in [0.1, 0.15) is 11.4 Å². The lowest BCUT2D eigenvalue weighted by Gasteiger charge is -2.26. The molecule has 0 radical (unpaired) electrons. The third-order valence-corrected chi connectivity index (χ3v) is 3.83. The Morgan fingerprint density at radius 3 is 2.89 bits per heavy atom. The van der Waals surface area contributed by atoms with Gasteiger partial charge in [0, 0.05) is 11.8 Å². The molecule has 1 aromatic rings. The maximum Gasteiger partial charge on any atom is 0.323 e. The molecule has 0 saturated heterocycles. The van der Waals surface area contributed by atoms with E-state index in [1.165, 1.54) is 11.8 Å². The summed E-state index contributed by atoms with van der Waals surface area (Å²) in [5.74, 6) is 0.663. The maximum atomic E-state index is 11.3. The third kappa shape index (κ3) is 3.46. The first-order valence-electron chi connectivity index (χ1n) is 6.02. The second kappa shape index (κ2) is 5.27. The second-order valence-electron chi connectivity index (χ2n) is 4.86. The zero-order valence-electron chi connectivity index (χ0n) is 10.6. The third-order valence-electron chi connectivity index (χ3n) is 2.98. The van der Waals surface area contributed by atoms with Gasteiger partial charge in [-0.1, -0.05) is 11.8 Å². The van der Waals surface area contributed by atoms with Gasteiger partial charge >= 0.3 is 5.97 Å². The van der Waals surface area contributed by atoms with Gasteiger partial charge in [0.2, 0.25) is 5.16 Å². The molecule has 100 valence electrons. The molecule has 18 heavy (non-hydrogen) atoms. The highest BCUT2D eigenvalue weighted by atomic mass is 32.2. The minimum atomic E-state index is -0.848. The second-order valence-corrected chi connectivity index (χ2v) is 5.92. The summed E-state index contributed by atoms with van der Waals surface area (Å²) in [6, 6.07) is 0.377. The van der Waals surface area contributed by atoms with Crippen LogP contribution in [0.2, 0.25) is 0 Å². The van der Waals surface area contributed by atoms with Gasteiger partial charge in [-0.15, -0.1) is 5.10 Å². The van der Waals surface area contributed by atoms with E-state index in [1.807, 2.05) is 6.92 Å².